The highest BCUT2D eigenvalue weighted by molar-refractivity contribution is 7.89. The number of carbonyl (C=O) groups is 1. The van der Waals surface area contributed by atoms with Gasteiger partial charge in [0.05, 0.1) is 11.5 Å². The van der Waals surface area contributed by atoms with Gasteiger partial charge in [0.25, 0.3) is 0 Å². The summed E-state index contributed by atoms with van der Waals surface area (Å²) in [5.41, 5.74) is 0. The zero-order valence-electron chi connectivity index (χ0n) is 11.4. The van der Waals surface area contributed by atoms with Gasteiger partial charge < -0.3 is 4.74 Å². The van der Waals surface area contributed by atoms with Gasteiger partial charge in [-0.3, -0.25) is 0 Å². The van der Waals surface area contributed by atoms with Crippen LogP contribution in [0, 0.1) is 12.8 Å². The Hall–Kier alpha value is -0.920. The molecule has 0 aliphatic heterocycles. The van der Waals surface area contributed by atoms with Crippen molar-refractivity contribution in [1.82, 2.24) is 0 Å². The van der Waals surface area contributed by atoms with Gasteiger partial charge in [-0.2, -0.15) is 0 Å². The molecule has 7 heteroatoms. The quantitative estimate of drug-likeness (QED) is 0.864. The summed E-state index contributed by atoms with van der Waals surface area (Å²) in [7, 11) is -3.78. The van der Waals surface area contributed by atoms with Crippen molar-refractivity contribution in [2.24, 2.45) is 11.1 Å². The number of aryl methyl sites for hydroxylation is 1. The predicted molar refractivity (Wildman–Crippen MR) is 77.3 cm³/mol. The van der Waals surface area contributed by atoms with Gasteiger partial charge in [-0.1, -0.05) is 19.3 Å². The minimum Gasteiger partial charge on any atom is -0.461 e. The Morgan fingerprint density at radius 3 is 2.60 bits per heavy atom. The number of sulfonamides is 1. The van der Waals surface area contributed by atoms with Gasteiger partial charge in [-0.05, 0) is 31.7 Å². The minimum absolute atomic E-state index is 0.00659. The van der Waals surface area contributed by atoms with Crippen LogP contribution in [0.15, 0.2) is 11.0 Å². The second-order valence-electron chi connectivity index (χ2n) is 5.18. The normalized spacial score (nSPS) is 17.1. The van der Waals surface area contributed by atoms with Gasteiger partial charge in [0.1, 0.15) is 4.88 Å². The van der Waals surface area contributed by atoms with Crippen LogP contribution in [-0.2, 0) is 14.8 Å². The van der Waals surface area contributed by atoms with Crippen molar-refractivity contribution in [2.75, 3.05) is 6.61 Å². The van der Waals surface area contributed by atoms with Crippen molar-refractivity contribution in [2.45, 2.75) is 43.9 Å². The standard InChI is InChI=1S/C13H19NO4S2/c1-9-12(20(14,16)17)7-11(19-9)13(15)18-8-10-5-3-2-4-6-10/h7,10H,2-6,8H2,1H3,(H2,14,16,17). The number of thiophene rings is 1. The van der Waals surface area contributed by atoms with E-state index in [1.54, 1.807) is 6.92 Å². The van der Waals surface area contributed by atoms with Crippen LogP contribution in [0.2, 0.25) is 0 Å². The molecule has 2 N–H and O–H groups in total. The molecule has 0 bridgehead atoms. The molecule has 0 aromatic carbocycles. The van der Waals surface area contributed by atoms with E-state index in [1.807, 2.05) is 0 Å². The van der Waals surface area contributed by atoms with Gasteiger partial charge >= 0.3 is 5.97 Å². The van der Waals surface area contributed by atoms with Crippen molar-refractivity contribution >= 4 is 27.3 Å². The van der Waals surface area contributed by atoms with E-state index in [9.17, 15) is 13.2 Å². The summed E-state index contributed by atoms with van der Waals surface area (Å²) >= 11 is 1.10. The van der Waals surface area contributed by atoms with E-state index in [-0.39, 0.29) is 4.90 Å². The number of hydrogen-bond acceptors (Lipinski definition) is 5. The van der Waals surface area contributed by atoms with E-state index >= 15 is 0 Å². The Labute approximate surface area is 123 Å². The molecule has 112 valence electrons. The molecule has 1 saturated carbocycles. The van der Waals surface area contributed by atoms with E-state index in [2.05, 4.69) is 0 Å². The lowest BCUT2D eigenvalue weighted by Crippen LogP contribution is -2.16. The third kappa shape index (κ3) is 3.80. The fourth-order valence-electron chi connectivity index (χ4n) is 2.47. The number of esters is 1. The molecular weight excluding hydrogens is 298 g/mol. The van der Waals surface area contributed by atoms with Gasteiger partial charge in [0.2, 0.25) is 10.0 Å². The van der Waals surface area contributed by atoms with Crippen molar-refractivity contribution in [3.05, 3.63) is 15.8 Å². The van der Waals surface area contributed by atoms with E-state index in [0.29, 0.717) is 22.3 Å². The van der Waals surface area contributed by atoms with Crippen LogP contribution in [0.5, 0.6) is 0 Å². The van der Waals surface area contributed by atoms with Crippen molar-refractivity contribution < 1.29 is 17.9 Å². The number of ether oxygens (including phenoxy) is 1. The van der Waals surface area contributed by atoms with Crippen LogP contribution in [0.1, 0.15) is 46.7 Å². The molecule has 20 heavy (non-hydrogen) atoms. The third-order valence-electron chi connectivity index (χ3n) is 3.55. The summed E-state index contributed by atoms with van der Waals surface area (Å²) in [4.78, 5) is 12.7. The first-order valence-electron chi connectivity index (χ1n) is 6.68. The number of nitrogens with two attached hydrogens (primary N) is 1. The second-order valence-corrected chi connectivity index (χ2v) is 7.96. The Morgan fingerprint density at radius 2 is 2.05 bits per heavy atom. The van der Waals surface area contributed by atoms with Crippen LogP contribution >= 0.6 is 11.3 Å². The molecule has 0 unspecified atom stereocenters. The fraction of sp³-hybridized carbons (Fsp3) is 0.615. The first-order chi connectivity index (χ1) is 9.38. The minimum atomic E-state index is -3.78. The topological polar surface area (TPSA) is 86.5 Å². The molecule has 5 nitrogen and oxygen atoms in total. The predicted octanol–water partition coefficient (Wildman–Crippen LogP) is 2.44. The van der Waals surface area contributed by atoms with E-state index < -0.39 is 16.0 Å². The maximum Gasteiger partial charge on any atom is 0.348 e. The molecule has 1 aliphatic rings. The number of primary sulfonamides is 1. The van der Waals surface area contributed by atoms with Crippen LogP contribution in [0.4, 0.5) is 0 Å². The van der Waals surface area contributed by atoms with Crippen LogP contribution < -0.4 is 5.14 Å². The zero-order valence-corrected chi connectivity index (χ0v) is 13.1. The van der Waals surface area contributed by atoms with Gasteiger partial charge in [0, 0.05) is 4.88 Å². The first kappa shape index (κ1) is 15.5. The smallest absolute Gasteiger partial charge is 0.348 e. The highest BCUT2D eigenvalue weighted by atomic mass is 32.2. The summed E-state index contributed by atoms with van der Waals surface area (Å²) in [5.74, 6) is -0.0231. The highest BCUT2D eigenvalue weighted by Crippen LogP contribution is 2.27. The average Bonchev–Trinajstić information content (AvgIpc) is 2.79. The fourth-order valence-corrected chi connectivity index (χ4v) is 4.51. The first-order valence-corrected chi connectivity index (χ1v) is 9.04. The Bertz CT molecular complexity index is 586. The van der Waals surface area contributed by atoms with Crippen LogP contribution in [-0.4, -0.2) is 21.0 Å². The molecule has 1 aromatic heterocycles. The SMILES string of the molecule is Cc1sc(C(=O)OCC2CCCCC2)cc1S(N)(=O)=O. The van der Waals surface area contributed by atoms with E-state index in [1.165, 1.54) is 25.3 Å². The summed E-state index contributed by atoms with van der Waals surface area (Å²) in [6, 6.07) is 1.30. The summed E-state index contributed by atoms with van der Waals surface area (Å²) in [6.07, 6.45) is 5.83. The number of rotatable bonds is 4. The molecule has 2 rings (SSSR count). The lowest BCUT2D eigenvalue weighted by molar-refractivity contribution is 0.0416. The van der Waals surface area contributed by atoms with Crippen molar-refractivity contribution in [1.29, 1.82) is 0 Å². The zero-order chi connectivity index (χ0) is 14.8. The van der Waals surface area contributed by atoms with Gasteiger partial charge in [-0.25, -0.2) is 18.4 Å². The molecule has 0 spiro atoms. The van der Waals surface area contributed by atoms with Crippen molar-refractivity contribution in [3.63, 3.8) is 0 Å². The molecule has 0 radical (unpaired) electrons. The number of carbonyl (C=O) groups excluding carboxylic acids is 1. The summed E-state index contributed by atoms with van der Waals surface area (Å²) in [5, 5.41) is 5.09. The Kier molecular flexibility index (Phi) is 4.82. The lowest BCUT2D eigenvalue weighted by Gasteiger charge is -2.20. The molecular formula is C13H19NO4S2. The second kappa shape index (κ2) is 6.24. The molecule has 1 fully saturated rings. The van der Waals surface area contributed by atoms with E-state index in [4.69, 9.17) is 9.88 Å². The van der Waals surface area contributed by atoms with E-state index in [0.717, 1.165) is 24.2 Å². The number of hydrogen-bond donors (Lipinski definition) is 1. The maximum atomic E-state index is 11.9. The average molecular weight is 317 g/mol. The van der Waals surface area contributed by atoms with Gasteiger partial charge in [0.15, 0.2) is 0 Å². The molecule has 0 amide bonds. The molecule has 1 aliphatic carbocycles. The Morgan fingerprint density at radius 1 is 1.40 bits per heavy atom. The molecule has 0 saturated heterocycles. The van der Waals surface area contributed by atoms with Crippen molar-refractivity contribution in [3.8, 4) is 0 Å². The molecule has 1 heterocycles. The Balaban J connectivity index is 1.99. The monoisotopic (exact) mass is 317 g/mol. The largest absolute Gasteiger partial charge is 0.461 e. The third-order valence-corrected chi connectivity index (χ3v) is 5.75. The molecule has 1 aromatic rings. The lowest BCUT2D eigenvalue weighted by atomic mass is 9.90. The van der Waals surface area contributed by atoms with Crippen LogP contribution in [0.25, 0.3) is 0 Å². The highest BCUT2D eigenvalue weighted by Gasteiger charge is 2.21. The van der Waals surface area contributed by atoms with Crippen LogP contribution in [0.3, 0.4) is 0 Å². The maximum absolute atomic E-state index is 11.9. The van der Waals surface area contributed by atoms with Gasteiger partial charge in [-0.15, -0.1) is 11.3 Å². The molecule has 0 atom stereocenters. The summed E-state index contributed by atoms with van der Waals surface area (Å²) < 4.78 is 27.9. The summed E-state index contributed by atoms with van der Waals surface area (Å²) in [6.45, 7) is 2.04.